The SMILES string of the molecule is CCc1ccccc1OCC(=O)NC1(C)CCCCC1C(=O)O. The highest BCUT2D eigenvalue weighted by Gasteiger charge is 2.42. The van der Waals surface area contributed by atoms with Gasteiger partial charge in [-0.1, -0.05) is 38.0 Å². The van der Waals surface area contributed by atoms with Gasteiger partial charge >= 0.3 is 5.97 Å². The lowest BCUT2D eigenvalue weighted by Crippen LogP contribution is -2.56. The van der Waals surface area contributed by atoms with Crippen molar-refractivity contribution in [2.45, 2.75) is 51.5 Å². The molecule has 0 aromatic heterocycles. The summed E-state index contributed by atoms with van der Waals surface area (Å²) in [6.45, 7) is 3.75. The predicted molar refractivity (Wildman–Crippen MR) is 87.5 cm³/mol. The second-order valence-electron chi connectivity index (χ2n) is 6.35. The minimum atomic E-state index is -0.843. The van der Waals surface area contributed by atoms with E-state index in [1.165, 1.54) is 0 Å². The molecule has 1 aromatic rings. The molecule has 126 valence electrons. The van der Waals surface area contributed by atoms with Gasteiger partial charge in [0.1, 0.15) is 5.75 Å². The summed E-state index contributed by atoms with van der Waals surface area (Å²) in [5, 5.41) is 12.3. The number of ether oxygens (including phenoxy) is 1. The molecule has 1 aliphatic rings. The molecular formula is C18H25NO4. The van der Waals surface area contributed by atoms with Gasteiger partial charge in [-0.05, 0) is 37.8 Å². The Morgan fingerprint density at radius 2 is 2.09 bits per heavy atom. The third-order valence-corrected chi connectivity index (χ3v) is 4.64. The number of aryl methyl sites for hydroxylation is 1. The molecule has 0 saturated heterocycles. The molecule has 1 aromatic carbocycles. The molecule has 1 amide bonds. The second kappa shape index (κ2) is 7.49. The number of aliphatic carboxylic acids is 1. The number of carboxylic acid groups (broad SMARTS) is 1. The van der Waals surface area contributed by atoms with E-state index >= 15 is 0 Å². The standard InChI is InChI=1S/C18H25NO4/c1-3-13-8-4-5-10-15(13)23-12-16(20)19-18(2)11-7-6-9-14(18)17(21)22/h4-5,8,10,14H,3,6-7,9,11-12H2,1-2H3,(H,19,20)(H,21,22). The number of amides is 1. The van der Waals surface area contributed by atoms with Crippen molar-refractivity contribution in [1.29, 1.82) is 0 Å². The molecule has 2 unspecified atom stereocenters. The number of carbonyl (C=O) groups is 2. The summed E-state index contributed by atoms with van der Waals surface area (Å²) in [5.41, 5.74) is 0.349. The second-order valence-corrected chi connectivity index (χ2v) is 6.35. The highest BCUT2D eigenvalue weighted by Crippen LogP contribution is 2.33. The van der Waals surface area contributed by atoms with E-state index in [9.17, 15) is 14.7 Å². The quantitative estimate of drug-likeness (QED) is 0.845. The zero-order valence-electron chi connectivity index (χ0n) is 13.8. The monoisotopic (exact) mass is 319 g/mol. The Bertz CT molecular complexity index is 572. The van der Waals surface area contributed by atoms with Crippen molar-refractivity contribution in [3.63, 3.8) is 0 Å². The van der Waals surface area contributed by atoms with Crippen molar-refractivity contribution >= 4 is 11.9 Å². The Morgan fingerprint density at radius 1 is 1.35 bits per heavy atom. The lowest BCUT2D eigenvalue weighted by Gasteiger charge is -2.39. The van der Waals surface area contributed by atoms with E-state index in [1.807, 2.05) is 38.1 Å². The topological polar surface area (TPSA) is 75.6 Å². The van der Waals surface area contributed by atoms with Crippen molar-refractivity contribution in [3.8, 4) is 5.75 Å². The molecule has 5 nitrogen and oxygen atoms in total. The van der Waals surface area contributed by atoms with Crippen LogP contribution in [0.15, 0.2) is 24.3 Å². The molecule has 0 spiro atoms. The highest BCUT2D eigenvalue weighted by atomic mass is 16.5. The molecule has 2 N–H and O–H groups in total. The maximum Gasteiger partial charge on any atom is 0.308 e. The average molecular weight is 319 g/mol. The van der Waals surface area contributed by atoms with Gasteiger partial charge in [-0.2, -0.15) is 0 Å². The van der Waals surface area contributed by atoms with E-state index in [0.717, 1.165) is 24.8 Å². The van der Waals surface area contributed by atoms with Gasteiger partial charge in [-0.3, -0.25) is 9.59 Å². The van der Waals surface area contributed by atoms with Gasteiger partial charge in [0.15, 0.2) is 6.61 Å². The van der Waals surface area contributed by atoms with E-state index < -0.39 is 17.4 Å². The maximum absolute atomic E-state index is 12.2. The zero-order chi connectivity index (χ0) is 16.9. The molecule has 0 radical (unpaired) electrons. The number of nitrogens with one attached hydrogen (secondary N) is 1. The largest absolute Gasteiger partial charge is 0.483 e. The van der Waals surface area contributed by atoms with Gasteiger partial charge in [0.05, 0.1) is 11.5 Å². The third-order valence-electron chi connectivity index (χ3n) is 4.64. The van der Waals surface area contributed by atoms with Crippen LogP contribution in [-0.4, -0.2) is 29.1 Å². The zero-order valence-corrected chi connectivity index (χ0v) is 13.8. The van der Waals surface area contributed by atoms with Crippen molar-refractivity contribution < 1.29 is 19.4 Å². The molecule has 1 aliphatic carbocycles. The molecule has 0 bridgehead atoms. The number of hydrogen-bond donors (Lipinski definition) is 2. The normalized spacial score (nSPS) is 24.0. The minimum Gasteiger partial charge on any atom is -0.483 e. The molecule has 0 aliphatic heterocycles. The Balaban J connectivity index is 1.97. The van der Waals surface area contributed by atoms with Crippen LogP contribution in [0.2, 0.25) is 0 Å². The van der Waals surface area contributed by atoms with E-state index in [2.05, 4.69) is 5.32 Å². The number of carboxylic acids is 1. The fourth-order valence-corrected chi connectivity index (χ4v) is 3.31. The first-order valence-corrected chi connectivity index (χ1v) is 8.21. The van der Waals surface area contributed by atoms with Crippen molar-refractivity contribution in [3.05, 3.63) is 29.8 Å². The van der Waals surface area contributed by atoms with Gasteiger partial charge in [-0.15, -0.1) is 0 Å². The van der Waals surface area contributed by atoms with E-state index in [1.54, 1.807) is 0 Å². The van der Waals surface area contributed by atoms with Gasteiger partial charge in [-0.25, -0.2) is 0 Å². The van der Waals surface area contributed by atoms with Crippen molar-refractivity contribution in [2.75, 3.05) is 6.61 Å². The van der Waals surface area contributed by atoms with Gasteiger partial charge in [0.25, 0.3) is 5.91 Å². The summed E-state index contributed by atoms with van der Waals surface area (Å²) in [4.78, 5) is 23.7. The fourth-order valence-electron chi connectivity index (χ4n) is 3.31. The summed E-state index contributed by atoms with van der Waals surface area (Å²) in [6.07, 6.45) is 3.94. The van der Waals surface area contributed by atoms with Crippen LogP contribution in [0.25, 0.3) is 0 Å². The van der Waals surface area contributed by atoms with Crippen LogP contribution in [0.3, 0.4) is 0 Å². The molecule has 1 fully saturated rings. The van der Waals surface area contributed by atoms with Gasteiger partial charge in [0.2, 0.25) is 0 Å². The van der Waals surface area contributed by atoms with Crippen molar-refractivity contribution in [1.82, 2.24) is 5.32 Å². The number of hydrogen-bond acceptors (Lipinski definition) is 3. The Kier molecular flexibility index (Phi) is 5.64. The molecule has 1 saturated carbocycles. The van der Waals surface area contributed by atoms with Crippen LogP contribution >= 0.6 is 0 Å². The summed E-state index contributed by atoms with van der Waals surface area (Å²) >= 11 is 0. The fraction of sp³-hybridized carbons (Fsp3) is 0.556. The van der Waals surface area contributed by atoms with Crippen LogP contribution in [0.1, 0.15) is 45.1 Å². The number of rotatable bonds is 6. The molecule has 5 heteroatoms. The van der Waals surface area contributed by atoms with Crippen LogP contribution in [0.5, 0.6) is 5.75 Å². The Morgan fingerprint density at radius 3 is 2.78 bits per heavy atom. The minimum absolute atomic E-state index is 0.0983. The van der Waals surface area contributed by atoms with Crippen LogP contribution in [-0.2, 0) is 16.0 Å². The summed E-state index contributed by atoms with van der Waals surface area (Å²) in [7, 11) is 0. The Labute approximate surface area is 137 Å². The number of para-hydroxylation sites is 1. The third kappa shape index (κ3) is 4.24. The maximum atomic E-state index is 12.2. The van der Waals surface area contributed by atoms with Gasteiger partial charge in [0, 0.05) is 0 Å². The summed E-state index contributed by atoms with van der Waals surface area (Å²) in [5.74, 6) is -0.951. The summed E-state index contributed by atoms with van der Waals surface area (Å²) < 4.78 is 5.61. The van der Waals surface area contributed by atoms with Crippen molar-refractivity contribution in [2.24, 2.45) is 5.92 Å². The summed E-state index contributed by atoms with van der Waals surface area (Å²) in [6, 6.07) is 7.62. The van der Waals surface area contributed by atoms with Crippen LogP contribution in [0.4, 0.5) is 0 Å². The smallest absolute Gasteiger partial charge is 0.308 e. The molecule has 23 heavy (non-hydrogen) atoms. The molecule has 2 atom stereocenters. The van der Waals surface area contributed by atoms with E-state index in [-0.39, 0.29) is 12.5 Å². The molecular weight excluding hydrogens is 294 g/mol. The highest BCUT2D eigenvalue weighted by molar-refractivity contribution is 5.80. The number of carbonyl (C=O) groups excluding carboxylic acids is 1. The molecule has 0 heterocycles. The van der Waals surface area contributed by atoms with Gasteiger partial charge < -0.3 is 15.2 Å². The lowest BCUT2D eigenvalue weighted by atomic mass is 9.74. The first-order chi connectivity index (χ1) is 11.0. The lowest BCUT2D eigenvalue weighted by molar-refractivity contribution is -0.146. The van der Waals surface area contributed by atoms with E-state index in [0.29, 0.717) is 18.6 Å². The van der Waals surface area contributed by atoms with Crippen LogP contribution in [0, 0.1) is 5.92 Å². The number of benzene rings is 1. The van der Waals surface area contributed by atoms with E-state index in [4.69, 9.17) is 4.74 Å². The van der Waals surface area contributed by atoms with Crippen LogP contribution < -0.4 is 10.1 Å². The first-order valence-electron chi connectivity index (χ1n) is 8.21. The predicted octanol–water partition coefficient (Wildman–Crippen LogP) is 2.78. The average Bonchev–Trinajstić information content (AvgIpc) is 2.52. The first kappa shape index (κ1) is 17.3. The molecule has 2 rings (SSSR count). The Hall–Kier alpha value is -2.04.